The molecule has 0 rings (SSSR count). The van der Waals surface area contributed by atoms with Crippen molar-refractivity contribution in [1.82, 2.24) is 0 Å². The third kappa shape index (κ3) is 13.4. The molecule has 0 aromatic carbocycles. The van der Waals surface area contributed by atoms with Crippen molar-refractivity contribution < 1.29 is 22.5 Å². The number of carbonyl (C=O) groups is 1. The zero-order chi connectivity index (χ0) is 13.9. The average molecular weight is 280 g/mol. The number of esters is 1. The molecule has 0 aromatic heterocycles. The van der Waals surface area contributed by atoms with Crippen molar-refractivity contribution in [3.05, 3.63) is 0 Å². The van der Waals surface area contributed by atoms with Gasteiger partial charge in [-0.05, 0) is 6.42 Å². The van der Waals surface area contributed by atoms with E-state index in [-0.39, 0.29) is 6.61 Å². The van der Waals surface area contributed by atoms with Crippen LogP contribution in [-0.2, 0) is 19.6 Å². The van der Waals surface area contributed by atoms with Crippen LogP contribution < -0.4 is 0 Å². The minimum Gasteiger partial charge on any atom is -0.464 e. The van der Waals surface area contributed by atoms with Gasteiger partial charge in [0.05, 0.1) is 0 Å². The molecular weight excluding hydrogens is 256 g/mol. The van der Waals surface area contributed by atoms with Crippen LogP contribution in [0.2, 0.25) is 0 Å². The second-order valence-corrected chi connectivity index (χ2v) is 5.95. The van der Waals surface area contributed by atoms with E-state index in [1.807, 2.05) is 0 Å². The Morgan fingerprint density at radius 1 is 1.06 bits per heavy atom. The fourth-order valence-electron chi connectivity index (χ4n) is 1.56. The van der Waals surface area contributed by atoms with Crippen LogP contribution in [0.4, 0.5) is 0 Å². The molecule has 0 heterocycles. The lowest BCUT2D eigenvalue weighted by Crippen LogP contribution is -2.14. The summed E-state index contributed by atoms with van der Waals surface area (Å²) in [6, 6.07) is 0. The Labute approximate surface area is 110 Å². The van der Waals surface area contributed by atoms with Gasteiger partial charge in [0.15, 0.2) is 0 Å². The SMILES string of the molecule is CCCCCCCCCC(=O)OCCS(=O)(=O)O. The monoisotopic (exact) mass is 280 g/mol. The molecule has 0 aliphatic heterocycles. The van der Waals surface area contributed by atoms with E-state index in [9.17, 15) is 13.2 Å². The van der Waals surface area contributed by atoms with Gasteiger partial charge in [0, 0.05) is 6.42 Å². The van der Waals surface area contributed by atoms with Crippen molar-refractivity contribution in [2.24, 2.45) is 0 Å². The van der Waals surface area contributed by atoms with Crippen molar-refractivity contribution in [2.45, 2.75) is 58.3 Å². The summed E-state index contributed by atoms with van der Waals surface area (Å²) in [6.45, 7) is 1.90. The third-order valence-electron chi connectivity index (χ3n) is 2.59. The smallest absolute Gasteiger partial charge is 0.305 e. The van der Waals surface area contributed by atoms with Crippen LogP contribution >= 0.6 is 0 Å². The molecule has 0 amide bonds. The van der Waals surface area contributed by atoms with Crippen molar-refractivity contribution in [3.63, 3.8) is 0 Å². The lowest BCUT2D eigenvalue weighted by Gasteiger charge is -2.03. The molecule has 1 N–H and O–H groups in total. The van der Waals surface area contributed by atoms with Gasteiger partial charge in [0.1, 0.15) is 12.4 Å². The van der Waals surface area contributed by atoms with Crippen molar-refractivity contribution in [1.29, 1.82) is 0 Å². The topological polar surface area (TPSA) is 80.7 Å². The zero-order valence-corrected chi connectivity index (χ0v) is 11.9. The lowest BCUT2D eigenvalue weighted by molar-refractivity contribution is -0.143. The van der Waals surface area contributed by atoms with Crippen LogP contribution in [0.1, 0.15) is 58.3 Å². The fraction of sp³-hybridized carbons (Fsp3) is 0.917. The molecule has 0 bridgehead atoms. The predicted octanol–water partition coefficient (Wildman–Crippen LogP) is 2.56. The van der Waals surface area contributed by atoms with Gasteiger partial charge in [-0.1, -0.05) is 45.4 Å². The summed E-state index contributed by atoms with van der Waals surface area (Å²) < 4.78 is 33.8. The number of hydrogen-bond acceptors (Lipinski definition) is 4. The molecule has 0 radical (unpaired) electrons. The van der Waals surface area contributed by atoms with E-state index in [1.165, 1.54) is 25.7 Å². The van der Waals surface area contributed by atoms with Gasteiger partial charge < -0.3 is 4.74 Å². The van der Waals surface area contributed by atoms with Gasteiger partial charge >= 0.3 is 5.97 Å². The van der Waals surface area contributed by atoms with Crippen LogP contribution in [0.5, 0.6) is 0 Å². The first-order valence-electron chi connectivity index (χ1n) is 6.56. The summed E-state index contributed by atoms with van der Waals surface area (Å²) in [5.74, 6) is -0.928. The van der Waals surface area contributed by atoms with E-state index < -0.39 is 21.8 Å². The summed E-state index contributed by atoms with van der Waals surface area (Å²) in [5.41, 5.74) is 0. The van der Waals surface area contributed by atoms with Gasteiger partial charge in [0.2, 0.25) is 0 Å². The molecule has 0 spiro atoms. The molecule has 6 heteroatoms. The largest absolute Gasteiger partial charge is 0.464 e. The summed E-state index contributed by atoms with van der Waals surface area (Å²) in [5, 5.41) is 0. The van der Waals surface area contributed by atoms with Gasteiger partial charge in [-0.3, -0.25) is 9.35 Å². The van der Waals surface area contributed by atoms with E-state index in [4.69, 9.17) is 4.55 Å². The highest BCUT2D eigenvalue weighted by molar-refractivity contribution is 7.85. The number of hydrogen-bond donors (Lipinski definition) is 1. The van der Waals surface area contributed by atoms with Gasteiger partial charge in [-0.15, -0.1) is 0 Å². The minimum atomic E-state index is -4.04. The van der Waals surface area contributed by atoms with E-state index in [0.717, 1.165) is 19.3 Å². The Morgan fingerprint density at radius 2 is 1.61 bits per heavy atom. The maximum absolute atomic E-state index is 11.2. The molecule has 0 fully saturated rings. The molecule has 0 aromatic rings. The Hall–Kier alpha value is -0.620. The molecule has 108 valence electrons. The maximum atomic E-state index is 11.2. The number of carbonyl (C=O) groups excluding carboxylic acids is 1. The van der Waals surface area contributed by atoms with Crippen molar-refractivity contribution >= 4 is 16.1 Å². The van der Waals surface area contributed by atoms with Crippen molar-refractivity contribution in [2.75, 3.05) is 12.4 Å². The predicted molar refractivity (Wildman–Crippen MR) is 70.0 cm³/mol. The Kier molecular flexibility index (Phi) is 9.96. The maximum Gasteiger partial charge on any atom is 0.305 e. The molecule has 5 nitrogen and oxygen atoms in total. The Bertz CT molecular complexity index is 310. The molecule has 0 saturated heterocycles. The van der Waals surface area contributed by atoms with E-state index in [1.54, 1.807) is 0 Å². The minimum absolute atomic E-state index is 0.270. The Balaban J connectivity index is 3.32. The van der Waals surface area contributed by atoms with E-state index in [0.29, 0.717) is 6.42 Å². The summed E-state index contributed by atoms with van der Waals surface area (Å²) in [7, 11) is -4.04. The highest BCUT2D eigenvalue weighted by atomic mass is 32.2. The molecule has 0 aliphatic rings. The van der Waals surface area contributed by atoms with Gasteiger partial charge in [0.25, 0.3) is 10.1 Å². The van der Waals surface area contributed by atoms with Crippen LogP contribution in [0.15, 0.2) is 0 Å². The molecule has 0 atom stereocenters. The fourth-order valence-corrected chi connectivity index (χ4v) is 1.85. The van der Waals surface area contributed by atoms with Crippen LogP contribution in [0.25, 0.3) is 0 Å². The highest BCUT2D eigenvalue weighted by Crippen LogP contribution is 2.08. The second kappa shape index (κ2) is 10.3. The normalized spacial score (nSPS) is 11.4. The average Bonchev–Trinajstić information content (AvgIpc) is 2.26. The molecule has 0 unspecified atom stereocenters. The molecular formula is C12H24O5S. The lowest BCUT2D eigenvalue weighted by atomic mass is 10.1. The first-order valence-corrected chi connectivity index (χ1v) is 8.17. The van der Waals surface area contributed by atoms with Crippen LogP contribution in [0, 0.1) is 0 Å². The zero-order valence-electron chi connectivity index (χ0n) is 11.1. The van der Waals surface area contributed by atoms with Crippen LogP contribution in [0.3, 0.4) is 0 Å². The molecule has 0 saturated carbocycles. The van der Waals surface area contributed by atoms with Crippen LogP contribution in [-0.4, -0.2) is 31.3 Å². The molecule has 0 aliphatic carbocycles. The highest BCUT2D eigenvalue weighted by Gasteiger charge is 2.07. The number of ether oxygens (including phenoxy) is 1. The summed E-state index contributed by atoms with van der Waals surface area (Å²) >= 11 is 0. The van der Waals surface area contributed by atoms with Gasteiger partial charge in [-0.25, -0.2) is 0 Å². The standard InChI is InChI=1S/C12H24O5S/c1-2-3-4-5-6-7-8-9-12(13)17-10-11-18(14,15)16/h2-11H2,1H3,(H,14,15,16). The first-order chi connectivity index (χ1) is 8.45. The summed E-state index contributed by atoms with van der Waals surface area (Å²) in [6.07, 6.45) is 8.14. The number of unbranched alkanes of at least 4 members (excludes halogenated alkanes) is 6. The number of rotatable bonds is 11. The first kappa shape index (κ1) is 17.4. The van der Waals surface area contributed by atoms with E-state index >= 15 is 0 Å². The van der Waals surface area contributed by atoms with Gasteiger partial charge in [-0.2, -0.15) is 8.42 Å². The van der Waals surface area contributed by atoms with Crippen molar-refractivity contribution in [3.8, 4) is 0 Å². The molecule has 18 heavy (non-hydrogen) atoms. The third-order valence-corrected chi connectivity index (χ3v) is 3.27. The second-order valence-electron chi connectivity index (χ2n) is 4.38. The van der Waals surface area contributed by atoms with E-state index in [2.05, 4.69) is 11.7 Å². The summed E-state index contributed by atoms with van der Waals surface area (Å²) in [4.78, 5) is 11.2. The quantitative estimate of drug-likeness (QED) is 0.357. The Morgan fingerprint density at radius 3 is 2.17 bits per heavy atom.